The standard InChI is InChI=1S/C16H21N3O/c1-8(2)13-11(5)18-16(19-15(13)17)12-6-9(3)14(20)10(4)7-12/h6-8,20H,1-5H3,(H2,17,18,19). The van der Waals surface area contributed by atoms with E-state index < -0.39 is 0 Å². The van der Waals surface area contributed by atoms with Crippen molar-refractivity contribution in [3.8, 4) is 17.1 Å². The summed E-state index contributed by atoms with van der Waals surface area (Å²) in [6.07, 6.45) is 0. The molecule has 1 aromatic heterocycles. The quantitative estimate of drug-likeness (QED) is 0.877. The molecule has 0 unspecified atom stereocenters. The van der Waals surface area contributed by atoms with Crippen LogP contribution in [-0.2, 0) is 0 Å². The van der Waals surface area contributed by atoms with E-state index in [-0.39, 0.29) is 0 Å². The monoisotopic (exact) mass is 271 g/mol. The maximum absolute atomic E-state index is 9.84. The molecule has 0 radical (unpaired) electrons. The lowest BCUT2D eigenvalue weighted by Gasteiger charge is -2.14. The maximum Gasteiger partial charge on any atom is 0.161 e. The topological polar surface area (TPSA) is 72.0 Å². The SMILES string of the molecule is Cc1cc(-c2nc(C)c(C(C)C)c(N)n2)cc(C)c1O. The number of aromatic nitrogens is 2. The zero-order valence-electron chi connectivity index (χ0n) is 12.7. The van der Waals surface area contributed by atoms with Gasteiger partial charge in [-0.3, -0.25) is 0 Å². The van der Waals surface area contributed by atoms with Gasteiger partial charge in [0.2, 0.25) is 0 Å². The number of aromatic hydroxyl groups is 1. The Balaban J connectivity index is 2.60. The van der Waals surface area contributed by atoms with Crippen molar-refractivity contribution >= 4 is 5.82 Å². The number of anilines is 1. The Morgan fingerprint density at radius 2 is 1.60 bits per heavy atom. The summed E-state index contributed by atoms with van der Waals surface area (Å²) in [4.78, 5) is 8.99. The number of hydrogen-bond acceptors (Lipinski definition) is 4. The van der Waals surface area contributed by atoms with Gasteiger partial charge in [-0.2, -0.15) is 0 Å². The molecule has 0 fully saturated rings. The Bertz CT molecular complexity index is 617. The summed E-state index contributed by atoms with van der Waals surface area (Å²) < 4.78 is 0. The fourth-order valence-corrected chi connectivity index (χ4v) is 2.53. The minimum absolute atomic E-state index is 0.298. The molecule has 0 amide bonds. The van der Waals surface area contributed by atoms with Gasteiger partial charge in [0.15, 0.2) is 5.82 Å². The van der Waals surface area contributed by atoms with Crippen molar-refractivity contribution in [2.45, 2.75) is 40.5 Å². The third kappa shape index (κ3) is 2.46. The number of benzene rings is 1. The summed E-state index contributed by atoms with van der Waals surface area (Å²) in [6.45, 7) is 9.85. The van der Waals surface area contributed by atoms with E-state index in [0.29, 0.717) is 23.3 Å². The van der Waals surface area contributed by atoms with E-state index in [1.54, 1.807) is 0 Å². The first-order valence-electron chi connectivity index (χ1n) is 6.75. The molecule has 0 spiro atoms. The Kier molecular flexibility index (Phi) is 3.66. The van der Waals surface area contributed by atoms with Gasteiger partial charge < -0.3 is 10.8 Å². The zero-order valence-corrected chi connectivity index (χ0v) is 12.7. The second kappa shape index (κ2) is 5.12. The van der Waals surface area contributed by atoms with Gasteiger partial charge in [0.05, 0.1) is 0 Å². The van der Waals surface area contributed by atoms with Crippen LogP contribution in [0.4, 0.5) is 5.82 Å². The summed E-state index contributed by atoms with van der Waals surface area (Å²) in [6, 6.07) is 3.76. The van der Waals surface area contributed by atoms with Crippen LogP contribution in [0.15, 0.2) is 12.1 Å². The van der Waals surface area contributed by atoms with Crippen LogP contribution in [0.5, 0.6) is 5.75 Å². The highest BCUT2D eigenvalue weighted by molar-refractivity contribution is 5.63. The largest absolute Gasteiger partial charge is 0.507 e. The molecule has 2 rings (SSSR count). The number of nitrogen functional groups attached to an aromatic ring is 1. The Hall–Kier alpha value is -2.10. The number of nitrogens with zero attached hydrogens (tertiary/aromatic N) is 2. The predicted molar refractivity (Wildman–Crippen MR) is 81.8 cm³/mol. The van der Waals surface area contributed by atoms with Crippen molar-refractivity contribution in [3.63, 3.8) is 0 Å². The molecule has 0 aliphatic carbocycles. The molecule has 0 aliphatic rings. The molecule has 106 valence electrons. The molecular formula is C16H21N3O. The summed E-state index contributed by atoms with van der Waals surface area (Å²) in [5.74, 6) is 1.76. The van der Waals surface area contributed by atoms with Gasteiger partial charge >= 0.3 is 0 Å². The van der Waals surface area contributed by atoms with Gasteiger partial charge in [0.1, 0.15) is 11.6 Å². The van der Waals surface area contributed by atoms with E-state index in [1.165, 1.54) is 0 Å². The van der Waals surface area contributed by atoms with Crippen molar-refractivity contribution in [1.82, 2.24) is 9.97 Å². The van der Waals surface area contributed by atoms with Crippen LogP contribution >= 0.6 is 0 Å². The van der Waals surface area contributed by atoms with Gasteiger partial charge in [-0.25, -0.2) is 9.97 Å². The molecule has 3 N–H and O–H groups in total. The van der Waals surface area contributed by atoms with Crippen molar-refractivity contribution < 1.29 is 5.11 Å². The normalized spacial score (nSPS) is 11.1. The van der Waals surface area contributed by atoms with Crippen LogP contribution in [-0.4, -0.2) is 15.1 Å². The lowest BCUT2D eigenvalue weighted by Crippen LogP contribution is -2.06. The first-order valence-corrected chi connectivity index (χ1v) is 6.75. The molecule has 0 aliphatic heterocycles. The summed E-state index contributed by atoms with van der Waals surface area (Å²) in [5.41, 5.74) is 10.5. The lowest BCUT2D eigenvalue weighted by molar-refractivity contribution is 0.467. The van der Waals surface area contributed by atoms with E-state index in [1.807, 2.05) is 32.9 Å². The van der Waals surface area contributed by atoms with E-state index in [9.17, 15) is 5.11 Å². The van der Waals surface area contributed by atoms with Crippen molar-refractivity contribution in [2.24, 2.45) is 0 Å². The molecule has 4 nitrogen and oxygen atoms in total. The zero-order chi connectivity index (χ0) is 15.0. The lowest BCUT2D eigenvalue weighted by atomic mass is 10.0. The van der Waals surface area contributed by atoms with E-state index in [0.717, 1.165) is 27.9 Å². The van der Waals surface area contributed by atoms with Gasteiger partial charge in [-0.15, -0.1) is 0 Å². The summed E-state index contributed by atoms with van der Waals surface area (Å²) in [5, 5.41) is 9.84. The predicted octanol–water partition coefficient (Wildman–Crippen LogP) is 3.48. The van der Waals surface area contributed by atoms with E-state index in [2.05, 4.69) is 23.8 Å². The average Bonchev–Trinajstić information content (AvgIpc) is 2.33. The first kappa shape index (κ1) is 14.3. The van der Waals surface area contributed by atoms with E-state index >= 15 is 0 Å². The van der Waals surface area contributed by atoms with Crippen LogP contribution in [0.1, 0.15) is 42.1 Å². The number of aryl methyl sites for hydroxylation is 3. The van der Waals surface area contributed by atoms with Crippen molar-refractivity contribution in [3.05, 3.63) is 34.5 Å². The van der Waals surface area contributed by atoms with Crippen LogP contribution in [0.3, 0.4) is 0 Å². The van der Waals surface area contributed by atoms with Crippen LogP contribution in [0.25, 0.3) is 11.4 Å². The highest BCUT2D eigenvalue weighted by Gasteiger charge is 2.14. The molecule has 1 aromatic carbocycles. The number of phenolic OH excluding ortho intramolecular Hbond substituents is 1. The number of rotatable bonds is 2. The highest BCUT2D eigenvalue weighted by Crippen LogP contribution is 2.30. The fourth-order valence-electron chi connectivity index (χ4n) is 2.53. The second-order valence-corrected chi connectivity index (χ2v) is 5.54. The van der Waals surface area contributed by atoms with E-state index in [4.69, 9.17) is 5.73 Å². The third-order valence-corrected chi connectivity index (χ3v) is 3.49. The molecule has 4 heteroatoms. The van der Waals surface area contributed by atoms with Crippen LogP contribution in [0, 0.1) is 20.8 Å². The fraction of sp³-hybridized carbons (Fsp3) is 0.375. The van der Waals surface area contributed by atoms with Crippen LogP contribution < -0.4 is 5.73 Å². The third-order valence-electron chi connectivity index (χ3n) is 3.49. The van der Waals surface area contributed by atoms with Crippen LogP contribution in [0.2, 0.25) is 0 Å². The molecular weight excluding hydrogens is 250 g/mol. The van der Waals surface area contributed by atoms with Gasteiger partial charge in [0, 0.05) is 16.8 Å². The van der Waals surface area contributed by atoms with Gasteiger partial charge in [-0.1, -0.05) is 13.8 Å². The number of hydrogen-bond donors (Lipinski definition) is 2. The molecule has 0 saturated carbocycles. The summed E-state index contributed by atoms with van der Waals surface area (Å²) in [7, 11) is 0. The van der Waals surface area contributed by atoms with Crippen molar-refractivity contribution in [2.75, 3.05) is 5.73 Å². The number of phenols is 1. The average molecular weight is 271 g/mol. The smallest absolute Gasteiger partial charge is 0.161 e. The minimum atomic E-state index is 0.298. The Morgan fingerprint density at radius 1 is 1.05 bits per heavy atom. The second-order valence-electron chi connectivity index (χ2n) is 5.54. The molecule has 0 atom stereocenters. The minimum Gasteiger partial charge on any atom is -0.507 e. The van der Waals surface area contributed by atoms with Crippen molar-refractivity contribution in [1.29, 1.82) is 0 Å². The Morgan fingerprint density at radius 3 is 2.05 bits per heavy atom. The molecule has 0 saturated heterocycles. The molecule has 0 bridgehead atoms. The maximum atomic E-state index is 9.84. The molecule has 2 aromatic rings. The number of nitrogens with two attached hydrogens (primary N) is 1. The summed E-state index contributed by atoms with van der Waals surface area (Å²) >= 11 is 0. The van der Waals surface area contributed by atoms with Gasteiger partial charge in [-0.05, 0) is 49.9 Å². The highest BCUT2D eigenvalue weighted by atomic mass is 16.3. The molecule has 20 heavy (non-hydrogen) atoms. The van der Waals surface area contributed by atoms with Gasteiger partial charge in [0.25, 0.3) is 0 Å². The Labute approximate surface area is 119 Å². The first-order chi connectivity index (χ1) is 9.31. The molecule has 1 heterocycles.